The lowest BCUT2D eigenvalue weighted by Crippen LogP contribution is -2.59. The average Bonchev–Trinajstić information content (AvgIpc) is 3.69. The lowest BCUT2D eigenvalue weighted by molar-refractivity contribution is -0.138. The van der Waals surface area contributed by atoms with Gasteiger partial charge in [0.25, 0.3) is 11.8 Å². The predicted molar refractivity (Wildman–Crippen MR) is 151 cm³/mol. The summed E-state index contributed by atoms with van der Waals surface area (Å²) in [6.07, 6.45) is 4.04. The van der Waals surface area contributed by atoms with Crippen LogP contribution >= 0.6 is 0 Å². The van der Waals surface area contributed by atoms with Crippen LogP contribution in [0, 0.1) is 5.41 Å². The Labute approximate surface area is 232 Å². The molecule has 4 aromatic rings. The third-order valence-corrected chi connectivity index (χ3v) is 7.90. The summed E-state index contributed by atoms with van der Waals surface area (Å²) in [5, 5.41) is 3.92. The van der Waals surface area contributed by atoms with Crippen LogP contribution in [0.25, 0.3) is 22.0 Å². The molecule has 3 atom stereocenters. The second kappa shape index (κ2) is 9.89. The first-order chi connectivity index (χ1) is 19.2. The highest BCUT2D eigenvalue weighted by molar-refractivity contribution is 6.00. The van der Waals surface area contributed by atoms with E-state index in [4.69, 9.17) is 0 Å². The normalized spacial score (nSPS) is 19.2. The number of likely N-dealkylation sites (tertiary alicyclic amines) is 2. The number of hydrogen-bond donors (Lipinski definition) is 2. The van der Waals surface area contributed by atoms with Crippen molar-refractivity contribution < 1.29 is 14.4 Å². The molecule has 2 saturated heterocycles. The van der Waals surface area contributed by atoms with Crippen molar-refractivity contribution in [2.75, 3.05) is 13.1 Å². The molecule has 2 aromatic carbocycles. The predicted octanol–water partition coefficient (Wildman–Crippen LogP) is 3.89. The zero-order valence-electron chi connectivity index (χ0n) is 22.8. The van der Waals surface area contributed by atoms with Gasteiger partial charge in [-0.15, -0.1) is 0 Å². The Bertz CT molecular complexity index is 1540. The van der Waals surface area contributed by atoms with E-state index >= 15 is 0 Å². The molecule has 2 N–H and O–H groups in total. The number of benzene rings is 2. The highest BCUT2D eigenvalue weighted by atomic mass is 16.2. The number of carbonyl (C=O) groups is 3. The van der Waals surface area contributed by atoms with Crippen LogP contribution in [0.5, 0.6) is 0 Å². The number of fused-ring (bicyclic) bond motifs is 3. The van der Waals surface area contributed by atoms with Crippen LogP contribution in [-0.4, -0.2) is 73.7 Å². The molecule has 2 bridgehead atoms. The smallest absolute Gasteiger partial charge is 0.292 e. The van der Waals surface area contributed by atoms with E-state index in [9.17, 15) is 14.4 Å². The van der Waals surface area contributed by atoms with E-state index in [0.29, 0.717) is 25.2 Å². The fourth-order valence-electron chi connectivity index (χ4n) is 5.75. The number of H-pyrrole nitrogens is 1. The number of nitrogens with zero attached hydrogens (tertiary/aromatic N) is 4. The van der Waals surface area contributed by atoms with Gasteiger partial charge in [-0.2, -0.15) is 0 Å². The van der Waals surface area contributed by atoms with Crippen LogP contribution < -0.4 is 5.32 Å². The molecule has 9 heteroatoms. The SMILES string of the molecule is CC(C)(C)[C@H](NC(=O)c1cc2ccccc2[nH]1)C(=O)N1C[C@@H]2C[C@H]1CN2C(=O)c1ncc(-c2ccccc2)cn1. The van der Waals surface area contributed by atoms with Gasteiger partial charge in [-0.1, -0.05) is 69.3 Å². The lowest BCUT2D eigenvalue weighted by atomic mass is 9.85. The molecule has 40 heavy (non-hydrogen) atoms. The highest BCUT2D eigenvalue weighted by Gasteiger charge is 2.50. The van der Waals surface area contributed by atoms with E-state index < -0.39 is 11.5 Å². The molecule has 6 rings (SSSR count). The number of hydrogen-bond acceptors (Lipinski definition) is 5. The number of aromatic amines is 1. The van der Waals surface area contributed by atoms with Crippen molar-refractivity contribution in [3.63, 3.8) is 0 Å². The number of amides is 3. The van der Waals surface area contributed by atoms with Gasteiger partial charge in [0.15, 0.2) is 0 Å². The maximum absolute atomic E-state index is 13.8. The summed E-state index contributed by atoms with van der Waals surface area (Å²) in [6, 6.07) is 18.3. The molecular formula is C31H32N6O3. The van der Waals surface area contributed by atoms with Gasteiger partial charge in [0.05, 0.1) is 12.1 Å². The Kier molecular flexibility index (Phi) is 6.37. The van der Waals surface area contributed by atoms with Crippen molar-refractivity contribution in [1.29, 1.82) is 0 Å². The van der Waals surface area contributed by atoms with Crippen LogP contribution in [-0.2, 0) is 4.79 Å². The molecular weight excluding hydrogens is 504 g/mol. The average molecular weight is 537 g/mol. The highest BCUT2D eigenvalue weighted by Crippen LogP contribution is 2.34. The van der Waals surface area contributed by atoms with Crippen molar-refractivity contribution in [3.8, 4) is 11.1 Å². The number of rotatable bonds is 5. The van der Waals surface area contributed by atoms with Gasteiger partial charge >= 0.3 is 0 Å². The summed E-state index contributed by atoms with van der Waals surface area (Å²) >= 11 is 0. The molecule has 9 nitrogen and oxygen atoms in total. The Hall–Kier alpha value is -4.53. The van der Waals surface area contributed by atoms with E-state index in [-0.39, 0.29) is 35.6 Å². The van der Waals surface area contributed by atoms with Crippen molar-refractivity contribution in [3.05, 3.63) is 84.6 Å². The van der Waals surface area contributed by atoms with Crippen LogP contribution in [0.2, 0.25) is 0 Å². The van der Waals surface area contributed by atoms with E-state index in [2.05, 4.69) is 20.3 Å². The fourth-order valence-corrected chi connectivity index (χ4v) is 5.75. The molecule has 0 saturated carbocycles. The monoisotopic (exact) mass is 536 g/mol. The zero-order chi connectivity index (χ0) is 28.0. The van der Waals surface area contributed by atoms with E-state index in [1.54, 1.807) is 23.4 Å². The minimum Gasteiger partial charge on any atom is -0.351 e. The molecule has 204 valence electrons. The number of piperazine rings is 1. The van der Waals surface area contributed by atoms with Gasteiger partial charge < -0.3 is 20.1 Å². The Morgan fingerprint density at radius 1 is 0.900 bits per heavy atom. The number of aromatic nitrogens is 3. The van der Waals surface area contributed by atoms with Crippen molar-refractivity contribution in [2.45, 2.75) is 45.3 Å². The topological polar surface area (TPSA) is 111 Å². The van der Waals surface area contributed by atoms with Gasteiger partial charge in [0, 0.05) is 41.9 Å². The molecule has 4 heterocycles. The summed E-state index contributed by atoms with van der Waals surface area (Å²) in [5.74, 6) is -0.510. The second-order valence-electron chi connectivity index (χ2n) is 11.7. The van der Waals surface area contributed by atoms with Crippen molar-refractivity contribution in [2.24, 2.45) is 5.41 Å². The third-order valence-electron chi connectivity index (χ3n) is 7.90. The van der Waals surface area contributed by atoms with Crippen LogP contribution in [0.4, 0.5) is 0 Å². The molecule has 0 spiro atoms. The molecule has 3 amide bonds. The maximum Gasteiger partial charge on any atom is 0.292 e. The van der Waals surface area contributed by atoms with Gasteiger partial charge in [0.1, 0.15) is 11.7 Å². The van der Waals surface area contributed by atoms with Crippen LogP contribution in [0.3, 0.4) is 0 Å². The Balaban J connectivity index is 1.13. The van der Waals surface area contributed by atoms with E-state index in [0.717, 1.165) is 22.0 Å². The van der Waals surface area contributed by atoms with Gasteiger partial charge in [-0.3, -0.25) is 14.4 Å². The summed E-state index contributed by atoms with van der Waals surface area (Å²) in [5.41, 5.74) is 2.61. The summed E-state index contributed by atoms with van der Waals surface area (Å²) in [6.45, 7) is 6.68. The molecule has 0 unspecified atom stereocenters. The Morgan fingerprint density at radius 2 is 1.55 bits per heavy atom. The first kappa shape index (κ1) is 25.7. The third kappa shape index (κ3) is 4.72. The van der Waals surface area contributed by atoms with Crippen molar-refractivity contribution in [1.82, 2.24) is 30.1 Å². The van der Waals surface area contributed by atoms with Crippen LogP contribution in [0.15, 0.2) is 73.1 Å². The van der Waals surface area contributed by atoms with Crippen LogP contribution in [0.1, 0.15) is 48.3 Å². The number of nitrogens with one attached hydrogen (secondary N) is 2. The lowest BCUT2D eigenvalue weighted by Gasteiger charge is -2.39. The molecule has 2 aliphatic heterocycles. The number of carbonyl (C=O) groups excluding carboxylic acids is 3. The number of para-hydroxylation sites is 1. The molecule has 2 aromatic heterocycles. The van der Waals surface area contributed by atoms with E-state index in [1.807, 2.05) is 80.3 Å². The second-order valence-corrected chi connectivity index (χ2v) is 11.7. The molecule has 0 radical (unpaired) electrons. The fraction of sp³-hybridized carbons (Fsp3) is 0.323. The van der Waals surface area contributed by atoms with Crippen molar-refractivity contribution >= 4 is 28.6 Å². The first-order valence-corrected chi connectivity index (χ1v) is 13.6. The summed E-state index contributed by atoms with van der Waals surface area (Å²) < 4.78 is 0. The minimum atomic E-state index is -0.719. The van der Waals surface area contributed by atoms with E-state index in [1.165, 1.54) is 0 Å². The molecule has 2 aliphatic rings. The van der Waals surface area contributed by atoms with Gasteiger partial charge in [-0.25, -0.2) is 9.97 Å². The zero-order valence-corrected chi connectivity index (χ0v) is 22.8. The maximum atomic E-state index is 13.8. The summed E-state index contributed by atoms with van der Waals surface area (Å²) in [7, 11) is 0. The van der Waals surface area contributed by atoms with Gasteiger partial charge in [0.2, 0.25) is 11.7 Å². The minimum absolute atomic E-state index is 0.108. The standard InChI is InChI=1S/C31H32N6O3/c1-31(2,3)26(35-28(38)25-13-20-11-7-8-12-24(20)34-25)29(39)36-17-23-14-22(36)18-37(23)30(40)27-32-15-21(16-33-27)19-9-5-4-6-10-19/h4-13,15-16,22-23,26,34H,14,17-18H2,1-3H3,(H,35,38)/t22-,23-,26+/m0/s1. The Morgan fingerprint density at radius 3 is 2.20 bits per heavy atom. The molecule has 0 aliphatic carbocycles. The van der Waals surface area contributed by atoms with Gasteiger partial charge in [-0.05, 0) is 29.5 Å². The molecule has 2 fully saturated rings. The first-order valence-electron chi connectivity index (χ1n) is 13.6. The largest absolute Gasteiger partial charge is 0.351 e. The summed E-state index contributed by atoms with van der Waals surface area (Å²) in [4.78, 5) is 55.7. The quantitative estimate of drug-likeness (QED) is 0.402.